The lowest BCUT2D eigenvalue weighted by molar-refractivity contribution is 0.120. The lowest BCUT2D eigenvalue weighted by Gasteiger charge is -2.24. The minimum absolute atomic E-state index is 0.218. The van der Waals surface area contributed by atoms with Crippen molar-refractivity contribution in [3.05, 3.63) is 53.5 Å². The zero-order chi connectivity index (χ0) is 20.7. The number of anilines is 2. The highest BCUT2D eigenvalue weighted by atomic mass is 19.1. The average molecular weight is 408 g/mol. The molecule has 30 heavy (non-hydrogen) atoms. The Balaban J connectivity index is 1.32. The summed E-state index contributed by atoms with van der Waals surface area (Å²) in [7, 11) is 2.07. The Morgan fingerprint density at radius 3 is 2.83 bits per heavy atom. The van der Waals surface area contributed by atoms with Gasteiger partial charge in [0.05, 0.1) is 13.2 Å². The van der Waals surface area contributed by atoms with Gasteiger partial charge in [0.15, 0.2) is 5.58 Å². The highest BCUT2D eigenvalue weighted by Gasteiger charge is 2.17. The van der Waals surface area contributed by atoms with E-state index in [4.69, 9.17) is 9.15 Å². The molecule has 0 radical (unpaired) electrons. The van der Waals surface area contributed by atoms with Gasteiger partial charge < -0.3 is 23.9 Å². The summed E-state index contributed by atoms with van der Waals surface area (Å²) in [6.07, 6.45) is 0.842. The molecule has 3 heterocycles. The van der Waals surface area contributed by atoms with Crippen LogP contribution in [-0.4, -0.2) is 49.9 Å². The molecule has 1 fully saturated rings. The van der Waals surface area contributed by atoms with E-state index in [1.807, 2.05) is 12.1 Å². The van der Waals surface area contributed by atoms with Crippen molar-refractivity contribution in [2.24, 2.45) is 0 Å². The number of aromatic amines is 1. The molecule has 6 nitrogen and oxygen atoms in total. The largest absolute Gasteiger partial charge is 0.423 e. The van der Waals surface area contributed by atoms with E-state index in [9.17, 15) is 4.39 Å². The zero-order valence-corrected chi connectivity index (χ0v) is 17.2. The van der Waals surface area contributed by atoms with Gasteiger partial charge in [-0.05, 0) is 48.9 Å². The summed E-state index contributed by atoms with van der Waals surface area (Å²) in [5.74, 6) is -0.218. The number of oxazole rings is 1. The maximum Gasteiger partial charge on any atom is 0.298 e. The lowest BCUT2D eigenvalue weighted by Crippen LogP contribution is -2.36. The van der Waals surface area contributed by atoms with Crippen molar-refractivity contribution in [1.82, 2.24) is 9.97 Å². The number of halogens is 1. The second kappa shape index (κ2) is 7.65. The molecule has 0 saturated carbocycles. The van der Waals surface area contributed by atoms with Crippen molar-refractivity contribution in [3.63, 3.8) is 0 Å². The van der Waals surface area contributed by atoms with Crippen molar-refractivity contribution in [2.75, 3.05) is 49.7 Å². The molecule has 0 unspecified atom stereocenters. The molecular formula is C23H25FN4O2. The molecule has 1 saturated heterocycles. The summed E-state index contributed by atoms with van der Waals surface area (Å²) in [5, 5.41) is 1.08. The second-order valence-corrected chi connectivity index (χ2v) is 7.84. The van der Waals surface area contributed by atoms with Gasteiger partial charge in [-0.3, -0.25) is 0 Å². The van der Waals surface area contributed by atoms with E-state index in [1.54, 1.807) is 6.07 Å². The Morgan fingerprint density at radius 1 is 1.17 bits per heavy atom. The Morgan fingerprint density at radius 2 is 2.00 bits per heavy atom. The van der Waals surface area contributed by atoms with Crippen LogP contribution in [0.2, 0.25) is 0 Å². The number of rotatable bonds is 5. The molecule has 156 valence electrons. The smallest absolute Gasteiger partial charge is 0.298 e. The van der Waals surface area contributed by atoms with E-state index in [0.717, 1.165) is 59.4 Å². The van der Waals surface area contributed by atoms with Crippen molar-refractivity contribution in [3.8, 4) is 0 Å². The van der Waals surface area contributed by atoms with Crippen LogP contribution < -0.4 is 9.80 Å². The molecule has 4 aromatic rings. The summed E-state index contributed by atoms with van der Waals surface area (Å²) in [4.78, 5) is 12.4. The van der Waals surface area contributed by atoms with Crippen LogP contribution in [0.25, 0.3) is 22.0 Å². The molecule has 0 amide bonds. The number of aryl methyl sites for hydroxylation is 1. The normalized spacial score (nSPS) is 14.7. The molecule has 2 aromatic heterocycles. The maximum absolute atomic E-state index is 13.5. The Labute approximate surface area is 174 Å². The van der Waals surface area contributed by atoms with E-state index in [1.165, 1.54) is 11.6 Å². The topological polar surface area (TPSA) is 57.5 Å². The summed E-state index contributed by atoms with van der Waals surface area (Å²) < 4.78 is 24.8. The number of hydrogen-bond acceptors (Lipinski definition) is 5. The number of fused-ring (bicyclic) bond motifs is 2. The van der Waals surface area contributed by atoms with E-state index in [0.29, 0.717) is 19.2 Å². The summed E-state index contributed by atoms with van der Waals surface area (Å²) >= 11 is 0. The van der Waals surface area contributed by atoms with Crippen LogP contribution in [-0.2, 0) is 11.2 Å². The van der Waals surface area contributed by atoms with Gasteiger partial charge >= 0.3 is 0 Å². The Hall–Kier alpha value is -3.06. The fraction of sp³-hybridized carbons (Fsp3) is 0.348. The highest BCUT2D eigenvalue weighted by molar-refractivity contribution is 5.84. The van der Waals surface area contributed by atoms with Crippen molar-refractivity contribution in [1.29, 1.82) is 0 Å². The fourth-order valence-corrected chi connectivity index (χ4v) is 4.06. The van der Waals surface area contributed by atoms with Crippen LogP contribution in [0.1, 0.15) is 11.3 Å². The van der Waals surface area contributed by atoms with Crippen LogP contribution in [0.5, 0.6) is 0 Å². The van der Waals surface area contributed by atoms with Gasteiger partial charge in [-0.2, -0.15) is 4.98 Å². The predicted octanol–water partition coefficient (Wildman–Crippen LogP) is 4.27. The summed E-state index contributed by atoms with van der Waals surface area (Å²) in [5.41, 5.74) is 5.91. The molecule has 5 rings (SSSR count). The van der Waals surface area contributed by atoms with Gasteiger partial charge in [-0.15, -0.1) is 0 Å². The monoisotopic (exact) mass is 408 g/mol. The van der Waals surface area contributed by atoms with E-state index in [-0.39, 0.29) is 5.82 Å². The number of hydrogen-bond donors (Lipinski definition) is 1. The number of H-pyrrole nitrogens is 1. The Kier molecular flexibility index (Phi) is 4.83. The molecule has 0 atom stereocenters. The molecule has 0 aliphatic carbocycles. The standard InChI is InChI=1S/C23H25FN4O2/c1-15-18-5-3-16(24)13-20(18)25-19(15)7-8-27(2)17-4-6-22-21(14-17)26-23(30-22)28-9-11-29-12-10-28/h3-6,13-14,25H,7-12H2,1-2H3. The van der Waals surface area contributed by atoms with Crippen LogP contribution >= 0.6 is 0 Å². The SMILES string of the molecule is Cc1c(CCN(C)c2ccc3oc(N4CCOCC4)nc3c2)[nH]c2cc(F)ccc12. The number of morpholine rings is 1. The minimum atomic E-state index is -0.218. The van der Waals surface area contributed by atoms with Gasteiger partial charge in [-0.1, -0.05) is 0 Å². The number of nitrogens with one attached hydrogen (secondary N) is 1. The third kappa shape index (κ3) is 3.50. The third-order valence-corrected chi connectivity index (χ3v) is 5.90. The fourth-order valence-electron chi connectivity index (χ4n) is 4.06. The summed E-state index contributed by atoms with van der Waals surface area (Å²) in [6.45, 7) is 5.91. The number of nitrogens with zero attached hydrogens (tertiary/aromatic N) is 3. The van der Waals surface area contributed by atoms with E-state index >= 15 is 0 Å². The molecule has 1 aliphatic heterocycles. The third-order valence-electron chi connectivity index (χ3n) is 5.90. The van der Waals surface area contributed by atoms with Crippen LogP contribution in [0, 0.1) is 12.7 Å². The number of benzene rings is 2. The Bertz CT molecular complexity index is 1190. The first kappa shape index (κ1) is 18.9. The first-order chi connectivity index (χ1) is 14.6. The summed E-state index contributed by atoms with van der Waals surface area (Å²) in [6, 6.07) is 11.7. The zero-order valence-electron chi connectivity index (χ0n) is 17.2. The van der Waals surface area contributed by atoms with Gasteiger partial charge in [-0.25, -0.2) is 4.39 Å². The molecule has 1 N–H and O–H groups in total. The highest BCUT2D eigenvalue weighted by Crippen LogP contribution is 2.27. The minimum Gasteiger partial charge on any atom is -0.423 e. The molecule has 1 aliphatic rings. The molecule has 2 aromatic carbocycles. The van der Waals surface area contributed by atoms with Crippen molar-refractivity contribution >= 4 is 33.7 Å². The molecule has 0 bridgehead atoms. The number of aromatic nitrogens is 2. The van der Waals surface area contributed by atoms with Crippen LogP contribution in [0.3, 0.4) is 0 Å². The van der Waals surface area contributed by atoms with Crippen LogP contribution in [0.4, 0.5) is 16.1 Å². The second-order valence-electron chi connectivity index (χ2n) is 7.84. The van der Waals surface area contributed by atoms with Crippen molar-refractivity contribution in [2.45, 2.75) is 13.3 Å². The molecule has 0 spiro atoms. The quantitative estimate of drug-likeness (QED) is 0.534. The van der Waals surface area contributed by atoms with Gasteiger partial charge in [0.2, 0.25) is 0 Å². The number of likely N-dealkylation sites (N-methyl/N-ethyl adjacent to an activating group) is 1. The first-order valence-electron chi connectivity index (χ1n) is 10.3. The van der Waals surface area contributed by atoms with Gasteiger partial charge in [0, 0.05) is 55.4 Å². The molecule has 7 heteroatoms. The first-order valence-corrected chi connectivity index (χ1v) is 10.3. The van der Waals surface area contributed by atoms with E-state index < -0.39 is 0 Å². The van der Waals surface area contributed by atoms with Crippen LogP contribution in [0.15, 0.2) is 40.8 Å². The maximum atomic E-state index is 13.5. The van der Waals surface area contributed by atoms with E-state index in [2.05, 4.69) is 45.9 Å². The van der Waals surface area contributed by atoms with Gasteiger partial charge in [0.1, 0.15) is 11.3 Å². The number of ether oxygens (including phenoxy) is 1. The van der Waals surface area contributed by atoms with Gasteiger partial charge in [0.25, 0.3) is 6.01 Å². The van der Waals surface area contributed by atoms with Crippen molar-refractivity contribution < 1.29 is 13.5 Å². The average Bonchev–Trinajstić information content (AvgIpc) is 3.33. The predicted molar refractivity (Wildman–Crippen MR) is 117 cm³/mol. The lowest BCUT2D eigenvalue weighted by atomic mass is 10.1. The molecular weight excluding hydrogens is 383 g/mol.